The summed E-state index contributed by atoms with van der Waals surface area (Å²) >= 11 is 0. The van der Waals surface area contributed by atoms with Gasteiger partial charge in [-0.25, -0.2) is 28.5 Å². The minimum atomic E-state index is -3.29. The maximum Gasteiger partial charge on any atom is 0.408 e. The summed E-state index contributed by atoms with van der Waals surface area (Å²) in [7, 11) is 0. The lowest BCUT2D eigenvalue weighted by atomic mass is 9.85. The summed E-state index contributed by atoms with van der Waals surface area (Å²) in [6.07, 6.45) is 3.07. The standard InChI is InChI=1S/C36H43F2N5O6/c1-6-24-28-18-43(30(24)20(2)44)33(45)31(35(3,4)5)42-34(46)49-27-16-22(27)9-7-8-13-36(37,38)25-15-21-10-11-23(17-26(21)41-32(25)48-28)47-29-12-14-39-19-40-29/h10-12,14-15,17,19,22,24,27-28,30-31H,6-9,13,16,18H2,1-5H3,(H,42,46)/t22-,24-,27-,28+,30-,31-/m1/s1. The van der Waals surface area contributed by atoms with E-state index in [0.29, 0.717) is 48.2 Å². The van der Waals surface area contributed by atoms with Crippen LogP contribution in [0.15, 0.2) is 42.9 Å². The van der Waals surface area contributed by atoms with E-state index in [4.69, 9.17) is 14.2 Å². The van der Waals surface area contributed by atoms with Crippen molar-refractivity contribution in [3.8, 4) is 17.5 Å². The van der Waals surface area contributed by atoms with Gasteiger partial charge in [-0.3, -0.25) is 9.59 Å². The van der Waals surface area contributed by atoms with E-state index < -0.39 is 53.9 Å². The van der Waals surface area contributed by atoms with Gasteiger partial charge in [0.1, 0.15) is 30.3 Å². The van der Waals surface area contributed by atoms with Crippen LogP contribution >= 0.6 is 0 Å². The summed E-state index contributed by atoms with van der Waals surface area (Å²) in [4.78, 5) is 54.4. The molecule has 2 amide bonds. The number of rotatable bonds is 4. The van der Waals surface area contributed by atoms with Crippen molar-refractivity contribution in [2.45, 2.75) is 103 Å². The van der Waals surface area contributed by atoms with Crippen LogP contribution in [0.25, 0.3) is 10.9 Å². The number of carbonyl (C=O) groups excluding carboxylic acids is 3. The monoisotopic (exact) mass is 679 g/mol. The fourth-order valence-corrected chi connectivity index (χ4v) is 7.04. The fraction of sp³-hybridized carbons (Fsp3) is 0.556. The molecule has 1 saturated heterocycles. The van der Waals surface area contributed by atoms with Crippen molar-refractivity contribution in [3.05, 3.63) is 48.4 Å². The molecule has 13 heteroatoms. The number of carbonyl (C=O) groups is 3. The molecule has 11 nitrogen and oxygen atoms in total. The summed E-state index contributed by atoms with van der Waals surface area (Å²) < 4.78 is 50.3. The molecule has 6 atom stereocenters. The van der Waals surface area contributed by atoms with E-state index in [1.165, 1.54) is 30.4 Å². The van der Waals surface area contributed by atoms with Gasteiger partial charge in [0.25, 0.3) is 5.92 Å². The number of benzene rings is 1. The predicted molar refractivity (Wildman–Crippen MR) is 175 cm³/mol. The van der Waals surface area contributed by atoms with Crippen LogP contribution in [0.4, 0.5) is 13.6 Å². The summed E-state index contributed by atoms with van der Waals surface area (Å²) in [5.41, 5.74) is -0.722. The van der Waals surface area contributed by atoms with Gasteiger partial charge < -0.3 is 24.4 Å². The first-order valence-corrected chi connectivity index (χ1v) is 17.0. The van der Waals surface area contributed by atoms with Crippen LogP contribution in [0.2, 0.25) is 0 Å². The number of alkyl halides is 2. The van der Waals surface area contributed by atoms with Crippen LogP contribution < -0.4 is 14.8 Å². The van der Waals surface area contributed by atoms with E-state index in [1.807, 2.05) is 27.7 Å². The number of fused-ring (bicyclic) bond motifs is 5. The summed E-state index contributed by atoms with van der Waals surface area (Å²) in [6, 6.07) is 6.03. The van der Waals surface area contributed by atoms with Crippen LogP contribution in [-0.2, 0) is 20.2 Å². The number of halogens is 2. The normalized spacial score (nSPS) is 27.4. The van der Waals surface area contributed by atoms with Crippen molar-refractivity contribution in [2.75, 3.05) is 6.54 Å². The van der Waals surface area contributed by atoms with Crippen molar-refractivity contribution in [3.63, 3.8) is 0 Å². The number of hydrogen-bond donors (Lipinski definition) is 1. The molecular formula is C36H43F2N5O6. The number of aromatic nitrogens is 3. The fourth-order valence-electron chi connectivity index (χ4n) is 7.04. The smallest absolute Gasteiger partial charge is 0.408 e. The second-order valence-electron chi connectivity index (χ2n) is 14.5. The van der Waals surface area contributed by atoms with Crippen LogP contribution in [0.3, 0.4) is 0 Å². The van der Waals surface area contributed by atoms with E-state index in [0.717, 1.165) is 0 Å². The van der Waals surface area contributed by atoms with Crippen LogP contribution in [0, 0.1) is 17.3 Å². The summed E-state index contributed by atoms with van der Waals surface area (Å²) in [5, 5.41) is 3.25. The zero-order chi connectivity index (χ0) is 35.1. The lowest BCUT2D eigenvalue weighted by molar-refractivity contribution is -0.141. The number of ether oxygens (including phenoxy) is 3. The molecule has 6 rings (SSSR count). The molecule has 49 heavy (non-hydrogen) atoms. The Morgan fingerprint density at radius 1 is 1.12 bits per heavy atom. The highest BCUT2D eigenvalue weighted by atomic mass is 19.3. The molecular weight excluding hydrogens is 636 g/mol. The molecule has 1 aromatic carbocycles. The Bertz CT molecular complexity index is 1720. The maximum absolute atomic E-state index is 16.2. The van der Waals surface area contributed by atoms with Gasteiger partial charge in [-0.1, -0.05) is 34.1 Å². The molecule has 1 N–H and O–H groups in total. The lowest BCUT2D eigenvalue weighted by Gasteiger charge is -2.35. The third kappa shape index (κ3) is 7.45. The number of ketones is 1. The molecule has 0 radical (unpaired) electrons. The van der Waals surface area contributed by atoms with E-state index in [1.54, 1.807) is 24.3 Å². The highest BCUT2D eigenvalue weighted by molar-refractivity contribution is 5.92. The number of hydrogen-bond acceptors (Lipinski definition) is 9. The quantitative estimate of drug-likeness (QED) is 0.325. The number of pyridine rings is 1. The number of Topliss-reactive ketones (excluding diaryl/α,β-unsaturated/α-hetero) is 1. The number of nitrogens with one attached hydrogen (secondary N) is 1. The summed E-state index contributed by atoms with van der Waals surface area (Å²) in [6.45, 7) is 8.67. The molecule has 2 fully saturated rings. The molecule has 3 aromatic rings. The highest BCUT2D eigenvalue weighted by Crippen LogP contribution is 2.44. The molecule has 2 bridgehead atoms. The van der Waals surface area contributed by atoms with Crippen molar-refractivity contribution < 1.29 is 37.4 Å². The minimum Gasteiger partial charge on any atom is -0.472 e. The molecule has 2 aliphatic heterocycles. The Labute approximate surface area is 284 Å². The van der Waals surface area contributed by atoms with E-state index in [-0.39, 0.29) is 42.2 Å². The third-order valence-electron chi connectivity index (χ3n) is 9.76. The van der Waals surface area contributed by atoms with Crippen molar-refractivity contribution in [1.82, 2.24) is 25.2 Å². The van der Waals surface area contributed by atoms with Gasteiger partial charge in [0.15, 0.2) is 5.78 Å². The lowest BCUT2D eigenvalue weighted by Crippen LogP contribution is -2.57. The largest absolute Gasteiger partial charge is 0.472 e. The average molecular weight is 680 g/mol. The van der Waals surface area contributed by atoms with Gasteiger partial charge in [-0.05, 0) is 62.1 Å². The Kier molecular flexibility index (Phi) is 9.47. The summed E-state index contributed by atoms with van der Waals surface area (Å²) in [5.74, 6) is -4.02. The average Bonchev–Trinajstić information content (AvgIpc) is 3.67. The zero-order valence-electron chi connectivity index (χ0n) is 28.4. The SMILES string of the molecule is CC[C@@H]1[C@@H]2CN(C(=O)[C@H](C(C)(C)C)NC(=O)O[C@@H]3C[C@H]3CCCCC(F)(F)c3cc4ccc(Oc5ccncn5)cc4nc3O2)[C@@H]1C(C)=O. The Morgan fingerprint density at radius 2 is 1.92 bits per heavy atom. The molecule has 0 spiro atoms. The second kappa shape index (κ2) is 13.5. The van der Waals surface area contributed by atoms with E-state index in [2.05, 4.69) is 20.3 Å². The molecule has 4 heterocycles. The van der Waals surface area contributed by atoms with E-state index >= 15 is 8.78 Å². The molecule has 0 unspecified atom stereocenters. The van der Waals surface area contributed by atoms with Gasteiger partial charge in [0, 0.05) is 36.1 Å². The van der Waals surface area contributed by atoms with Crippen molar-refractivity contribution >= 4 is 28.7 Å². The van der Waals surface area contributed by atoms with Gasteiger partial charge >= 0.3 is 6.09 Å². The third-order valence-corrected chi connectivity index (χ3v) is 9.76. The molecule has 262 valence electrons. The van der Waals surface area contributed by atoms with E-state index in [9.17, 15) is 14.4 Å². The van der Waals surface area contributed by atoms with Crippen molar-refractivity contribution in [2.24, 2.45) is 17.3 Å². The topological polar surface area (TPSA) is 133 Å². The van der Waals surface area contributed by atoms with Gasteiger partial charge in [0.2, 0.25) is 17.7 Å². The molecule has 2 aromatic heterocycles. The second-order valence-corrected chi connectivity index (χ2v) is 14.5. The Balaban J connectivity index is 1.41. The Morgan fingerprint density at radius 3 is 2.61 bits per heavy atom. The molecule has 1 aliphatic carbocycles. The molecule has 3 aliphatic rings. The predicted octanol–water partition coefficient (Wildman–Crippen LogP) is 6.59. The molecule has 1 saturated carbocycles. The highest BCUT2D eigenvalue weighted by Gasteiger charge is 2.51. The zero-order valence-corrected chi connectivity index (χ0v) is 28.4. The van der Waals surface area contributed by atoms with Gasteiger partial charge in [0.05, 0.1) is 23.7 Å². The van der Waals surface area contributed by atoms with Gasteiger partial charge in [-0.15, -0.1) is 0 Å². The first kappa shape index (κ1) is 34.4. The van der Waals surface area contributed by atoms with Crippen LogP contribution in [-0.4, -0.2) is 68.5 Å². The number of alkyl carbamates (subject to hydrolysis) is 1. The van der Waals surface area contributed by atoms with Crippen molar-refractivity contribution in [1.29, 1.82) is 0 Å². The van der Waals surface area contributed by atoms with Gasteiger partial charge in [-0.2, -0.15) is 0 Å². The minimum absolute atomic E-state index is 0.0583. The first-order chi connectivity index (χ1) is 23.2. The Hall–Kier alpha value is -4.42. The maximum atomic E-state index is 16.2. The number of amides is 2. The van der Waals surface area contributed by atoms with Crippen LogP contribution in [0.1, 0.15) is 78.7 Å². The first-order valence-electron chi connectivity index (χ1n) is 17.0. The number of nitrogens with zero attached hydrogens (tertiary/aromatic N) is 4. The van der Waals surface area contributed by atoms with Crippen LogP contribution in [0.5, 0.6) is 17.5 Å².